The fourth-order valence-electron chi connectivity index (χ4n) is 3.98. The molecule has 0 bridgehead atoms. The van der Waals surface area contributed by atoms with Gasteiger partial charge in [-0.1, -0.05) is 24.3 Å². The summed E-state index contributed by atoms with van der Waals surface area (Å²) in [5.74, 6) is 0.0134. The molecule has 0 spiro atoms. The summed E-state index contributed by atoms with van der Waals surface area (Å²) in [6.07, 6.45) is 2.31. The summed E-state index contributed by atoms with van der Waals surface area (Å²) < 4.78 is 11.8. The summed E-state index contributed by atoms with van der Waals surface area (Å²) in [6.45, 7) is 6.72. The number of likely N-dealkylation sites (N-methyl/N-ethyl adjacent to an activating group) is 1. The van der Waals surface area contributed by atoms with Crippen molar-refractivity contribution >= 4 is 5.91 Å². The molecule has 5 heteroatoms. The zero-order valence-corrected chi connectivity index (χ0v) is 15.7. The maximum absolute atomic E-state index is 11.8. The summed E-state index contributed by atoms with van der Waals surface area (Å²) in [4.78, 5) is 15.9. The van der Waals surface area contributed by atoms with E-state index in [-0.39, 0.29) is 24.0 Å². The first-order chi connectivity index (χ1) is 12.0. The van der Waals surface area contributed by atoms with Crippen molar-refractivity contribution in [3.05, 3.63) is 35.4 Å². The third-order valence-corrected chi connectivity index (χ3v) is 5.62. The van der Waals surface area contributed by atoms with Crippen LogP contribution in [0.4, 0.5) is 0 Å². The first-order valence-corrected chi connectivity index (χ1v) is 9.16. The summed E-state index contributed by atoms with van der Waals surface area (Å²) in [5.41, 5.74) is 2.75. The third-order valence-electron chi connectivity index (χ3n) is 5.62. The standard InChI is InChI=1S/C20H30N2O3/c1-16-6-4-5-7-17(16)12-22-10-8-18-20(14-22,9-11-25-18)15-24-13-19(23)21(2)3/h4-7,18H,8-15H2,1-3H3/t18-,20+/m1/s1. The first-order valence-electron chi connectivity index (χ1n) is 9.16. The van der Waals surface area contributed by atoms with Crippen LogP contribution in [0.5, 0.6) is 0 Å². The molecule has 2 atom stereocenters. The number of aryl methyl sites for hydroxylation is 1. The van der Waals surface area contributed by atoms with E-state index in [2.05, 4.69) is 36.1 Å². The van der Waals surface area contributed by atoms with E-state index in [0.29, 0.717) is 6.61 Å². The normalized spacial score (nSPS) is 26.4. The Hall–Kier alpha value is -1.43. The van der Waals surface area contributed by atoms with E-state index in [4.69, 9.17) is 9.47 Å². The Morgan fingerprint density at radius 2 is 2.20 bits per heavy atom. The summed E-state index contributed by atoms with van der Waals surface area (Å²) >= 11 is 0. The van der Waals surface area contributed by atoms with Crippen LogP contribution in [0.3, 0.4) is 0 Å². The molecule has 2 heterocycles. The maximum Gasteiger partial charge on any atom is 0.248 e. The molecule has 25 heavy (non-hydrogen) atoms. The minimum Gasteiger partial charge on any atom is -0.377 e. The maximum atomic E-state index is 11.8. The smallest absolute Gasteiger partial charge is 0.248 e. The van der Waals surface area contributed by atoms with Crippen LogP contribution in [0, 0.1) is 12.3 Å². The largest absolute Gasteiger partial charge is 0.377 e. The van der Waals surface area contributed by atoms with E-state index in [9.17, 15) is 4.79 Å². The van der Waals surface area contributed by atoms with Gasteiger partial charge in [-0.05, 0) is 30.9 Å². The van der Waals surface area contributed by atoms with Crippen molar-refractivity contribution < 1.29 is 14.3 Å². The minimum atomic E-state index is 0.0134. The van der Waals surface area contributed by atoms with Crippen molar-refractivity contribution in [3.63, 3.8) is 0 Å². The Kier molecular flexibility index (Phi) is 5.77. The lowest BCUT2D eigenvalue weighted by atomic mass is 9.77. The lowest BCUT2D eigenvalue weighted by Gasteiger charge is -2.43. The number of fused-ring (bicyclic) bond motifs is 1. The lowest BCUT2D eigenvalue weighted by molar-refractivity contribution is -0.136. The molecular weight excluding hydrogens is 316 g/mol. The molecule has 0 radical (unpaired) electrons. The van der Waals surface area contributed by atoms with E-state index in [0.717, 1.165) is 39.1 Å². The summed E-state index contributed by atoms with van der Waals surface area (Å²) in [7, 11) is 3.52. The van der Waals surface area contributed by atoms with Crippen molar-refractivity contribution in [2.24, 2.45) is 5.41 Å². The van der Waals surface area contributed by atoms with Crippen LogP contribution < -0.4 is 0 Å². The highest BCUT2D eigenvalue weighted by Crippen LogP contribution is 2.41. The van der Waals surface area contributed by atoms with E-state index in [1.807, 2.05) is 0 Å². The van der Waals surface area contributed by atoms with Crippen LogP contribution in [0.1, 0.15) is 24.0 Å². The van der Waals surface area contributed by atoms with Gasteiger partial charge in [-0.25, -0.2) is 0 Å². The number of carbonyl (C=O) groups excluding carboxylic acids is 1. The first kappa shape index (κ1) is 18.4. The number of nitrogens with zero attached hydrogens (tertiary/aromatic N) is 2. The van der Waals surface area contributed by atoms with Gasteiger partial charge in [0.15, 0.2) is 0 Å². The van der Waals surface area contributed by atoms with Gasteiger partial charge in [0, 0.05) is 45.8 Å². The fourth-order valence-corrected chi connectivity index (χ4v) is 3.98. The van der Waals surface area contributed by atoms with Gasteiger partial charge >= 0.3 is 0 Å². The minimum absolute atomic E-state index is 0.0134. The van der Waals surface area contributed by atoms with Gasteiger partial charge < -0.3 is 14.4 Å². The molecule has 2 saturated heterocycles. The number of hydrogen-bond donors (Lipinski definition) is 0. The van der Waals surface area contributed by atoms with Gasteiger partial charge in [-0.2, -0.15) is 0 Å². The van der Waals surface area contributed by atoms with E-state index >= 15 is 0 Å². The molecule has 0 unspecified atom stereocenters. The number of ether oxygens (including phenoxy) is 2. The van der Waals surface area contributed by atoms with Gasteiger partial charge in [0.1, 0.15) is 6.61 Å². The van der Waals surface area contributed by atoms with Gasteiger partial charge in [-0.15, -0.1) is 0 Å². The van der Waals surface area contributed by atoms with Crippen LogP contribution in [-0.2, 0) is 20.8 Å². The second kappa shape index (κ2) is 7.85. The second-order valence-corrected chi connectivity index (χ2v) is 7.68. The predicted molar refractivity (Wildman–Crippen MR) is 97.4 cm³/mol. The topological polar surface area (TPSA) is 42.0 Å². The van der Waals surface area contributed by atoms with Crippen LogP contribution in [0.25, 0.3) is 0 Å². The zero-order chi connectivity index (χ0) is 17.9. The Balaban J connectivity index is 1.62. The lowest BCUT2D eigenvalue weighted by Crippen LogP contribution is -2.51. The molecular formula is C20H30N2O3. The quantitative estimate of drug-likeness (QED) is 0.791. The third kappa shape index (κ3) is 4.22. The number of carbonyl (C=O) groups is 1. The molecule has 138 valence electrons. The van der Waals surface area contributed by atoms with Gasteiger partial charge in [0.2, 0.25) is 5.91 Å². The van der Waals surface area contributed by atoms with E-state index < -0.39 is 0 Å². The van der Waals surface area contributed by atoms with Crippen LogP contribution >= 0.6 is 0 Å². The highest BCUT2D eigenvalue weighted by molar-refractivity contribution is 5.76. The molecule has 3 rings (SSSR count). The zero-order valence-electron chi connectivity index (χ0n) is 15.7. The van der Waals surface area contributed by atoms with Crippen LogP contribution in [-0.4, -0.2) is 68.8 Å². The number of benzene rings is 1. The predicted octanol–water partition coefficient (Wildman–Crippen LogP) is 2.08. The second-order valence-electron chi connectivity index (χ2n) is 7.68. The van der Waals surface area contributed by atoms with Gasteiger partial charge in [0.25, 0.3) is 0 Å². The molecule has 5 nitrogen and oxygen atoms in total. The fraction of sp³-hybridized carbons (Fsp3) is 0.650. The van der Waals surface area contributed by atoms with E-state index in [1.165, 1.54) is 11.1 Å². The van der Waals surface area contributed by atoms with Crippen molar-refractivity contribution in [1.29, 1.82) is 0 Å². The highest BCUT2D eigenvalue weighted by Gasteiger charge is 2.48. The molecule has 2 fully saturated rings. The molecule has 0 aliphatic carbocycles. The number of rotatable bonds is 6. The van der Waals surface area contributed by atoms with Crippen LogP contribution in [0.15, 0.2) is 24.3 Å². The number of amides is 1. The Labute approximate surface area is 150 Å². The molecule has 2 aliphatic heterocycles. The summed E-state index contributed by atoms with van der Waals surface area (Å²) in [6, 6.07) is 8.59. The summed E-state index contributed by atoms with van der Waals surface area (Å²) in [5, 5.41) is 0. The SMILES string of the molecule is Cc1ccccc1CN1CC[C@H]2OCC[C@@]2(COCC(=O)N(C)C)C1. The van der Waals surface area contributed by atoms with E-state index in [1.54, 1.807) is 19.0 Å². The van der Waals surface area contributed by atoms with Crippen molar-refractivity contribution in [2.45, 2.75) is 32.4 Å². The average Bonchev–Trinajstić information content (AvgIpc) is 3.00. The molecule has 1 aromatic carbocycles. The van der Waals surface area contributed by atoms with Crippen molar-refractivity contribution in [1.82, 2.24) is 9.80 Å². The molecule has 0 saturated carbocycles. The monoisotopic (exact) mass is 346 g/mol. The van der Waals surface area contributed by atoms with Gasteiger partial charge in [0.05, 0.1) is 12.7 Å². The molecule has 2 aliphatic rings. The molecule has 1 amide bonds. The highest BCUT2D eigenvalue weighted by atomic mass is 16.5. The Morgan fingerprint density at radius 1 is 1.40 bits per heavy atom. The molecule has 1 aromatic rings. The average molecular weight is 346 g/mol. The molecule has 0 aromatic heterocycles. The van der Waals surface area contributed by atoms with Gasteiger partial charge in [-0.3, -0.25) is 9.69 Å². The Bertz CT molecular complexity index is 604. The van der Waals surface area contributed by atoms with Crippen molar-refractivity contribution in [3.8, 4) is 0 Å². The van der Waals surface area contributed by atoms with Crippen LogP contribution in [0.2, 0.25) is 0 Å². The number of likely N-dealkylation sites (tertiary alicyclic amines) is 1. The molecule has 0 N–H and O–H groups in total. The number of piperidine rings is 1. The number of hydrogen-bond acceptors (Lipinski definition) is 4. The Morgan fingerprint density at radius 3 is 2.96 bits per heavy atom. The van der Waals surface area contributed by atoms with Crippen molar-refractivity contribution in [2.75, 3.05) is 47.0 Å².